The molecule has 0 aliphatic rings. The second-order valence-corrected chi connectivity index (χ2v) is 5.66. The number of hydrogen-bond acceptors (Lipinski definition) is 5. The molecule has 0 bridgehead atoms. The van der Waals surface area contributed by atoms with E-state index in [1.165, 1.54) is 19.4 Å². The lowest BCUT2D eigenvalue weighted by molar-refractivity contribution is -0.310. The smallest absolute Gasteiger partial charge is 0.339 e. The summed E-state index contributed by atoms with van der Waals surface area (Å²) in [6.45, 7) is 0. The largest absolute Gasteiger partial charge is 0.548 e. The summed E-state index contributed by atoms with van der Waals surface area (Å²) in [7, 11) is 1.20. The minimum absolute atomic E-state index is 0.0557. The summed E-state index contributed by atoms with van der Waals surface area (Å²) in [6.07, 6.45) is 1.22. The van der Waals surface area contributed by atoms with Gasteiger partial charge in [0.1, 0.15) is 0 Å². The molecular formula is C16H13BrNO5-. The summed E-state index contributed by atoms with van der Waals surface area (Å²) >= 11 is 3.04. The lowest BCUT2D eigenvalue weighted by Crippen LogP contribution is -2.39. The van der Waals surface area contributed by atoms with Crippen molar-refractivity contribution in [3.8, 4) is 0 Å². The van der Waals surface area contributed by atoms with Crippen molar-refractivity contribution in [2.24, 2.45) is 0 Å². The number of benzene rings is 1. The molecule has 0 N–H and O–H groups in total. The highest BCUT2D eigenvalue weighted by Gasteiger charge is 2.19. The Hall–Kier alpha value is -2.41. The number of aliphatic carboxylic acids is 1. The Morgan fingerprint density at radius 3 is 2.52 bits per heavy atom. The van der Waals surface area contributed by atoms with Crippen LogP contribution in [0, 0.1) is 0 Å². The maximum Gasteiger partial charge on any atom is 0.339 e. The molecule has 1 aromatic heterocycles. The fourth-order valence-electron chi connectivity index (χ4n) is 2.16. The Bertz CT molecular complexity index is 785. The van der Waals surface area contributed by atoms with Crippen LogP contribution in [-0.4, -0.2) is 23.6 Å². The fourth-order valence-corrected chi connectivity index (χ4v) is 2.61. The predicted molar refractivity (Wildman–Crippen MR) is 83.9 cm³/mol. The minimum Gasteiger partial charge on any atom is -0.548 e. The molecule has 1 atom stereocenters. The number of aromatic nitrogens is 1. The lowest BCUT2D eigenvalue weighted by atomic mass is 10.1. The number of esters is 1. The molecule has 0 spiro atoms. The third-order valence-corrected chi connectivity index (χ3v) is 3.87. The van der Waals surface area contributed by atoms with Crippen molar-refractivity contribution in [3.05, 3.63) is 68.5 Å². The van der Waals surface area contributed by atoms with Gasteiger partial charge in [-0.2, -0.15) is 0 Å². The Morgan fingerprint density at radius 1 is 1.30 bits per heavy atom. The zero-order valence-electron chi connectivity index (χ0n) is 12.2. The van der Waals surface area contributed by atoms with E-state index in [2.05, 4.69) is 20.7 Å². The van der Waals surface area contributed by atoms with Gasteiger partial charge in [0.25, 0.3) is 5.56 Å². The molecule has 2 rings (SSSR count). The van der Waals surface area contributed by atoms with Crippen molar-refractivity contribution in [1.82, 2.24) is 4.57 Å². The van der Waals surface area contributed by atoms with Crippen LogP contribution in [0.3, 0.4) is 0 Å². The average molecular weight is 379 g/mol. The summed E-state index contributed by atoms with van der Waals surface area (Å²) in [5.41, 5.74) is 0.231. The summed E-state index contributed by atoms with van der Waals surface area (Å²) in [5, 5.41) is 11.5. The summed E-state index contributed by atoms with van der Waals surface area (Å²) in [4.78, 5) is 35.4. The van der Waals surface area contributed by atoms with Gasteiger partial charge < -0.3 is 19.2 Å². The van der Waals surface area contributed by atoms with E-state index in [1.54, 1.807) is 30.3 Å². The highest BCUT2D eigenvalue weighted by molar-refractivity contribution is 9.10. The van der Waals surface area contributed by atoms with Crippen LogP contribution < -0.4 is 10.7 Å². The van der Waals surface area contributed by atoms with E-state index in [0.29, 0.717) is 0 Å². The van der Waals surface area contributed by atoms with Crippen molar-refractivity contribution in [1.29, 1.82) is 0 Å². The molecule has 120 valence electrons. The number of ether oxygens (including phenoxy) is 1. The number of carboxylic acid groups (broad SMARTS) is 1. The van der Waals surface area contributed by atoms with E-state index < -0.39 is 23.5 Å². The number of carbonyl (C=O) groups is 2. The minimum atomic E-state index is -1.41. The zero-order chi connectivity index (χ0) is 17.0. The molecule has 0 aliphatic heterocycles. The molecule has 23 heavy (non-hydrogen) atoms. The normalized spacial score (nSPS) is 11.7. The molecule has 0 amide bonds. The Kier molecular flexibility index (Phi) is 5.33. The molecule has 6 nitrogen and oxygen atoms in total. The van der Waals surface area contributed by atoms with Crippen molar-refractivity contribution >= 4 is 27.9 Å². The van der Waals surface area contributed by atoms with Gasteiger partial charge in [-0.1, -0.05) is 30.3 Å². The van der Waals surface area contributed by atoms with E-state index in [1.807, 2.05) is 0 Å². The number of halogens is 1. The van der Waals surface area contributed by atoms with Crippen molar-refractivity contribution in [2.75, 3.05) is 7.11 Å². The van der Waals surface area contributed by atoms with E-state index in [9.17, 15) is 19.5 Å². The zero-order valence-corrected chi connectivity index (χ0v) is 13.8. The third-order valence-electron chi connectivity index (χ3n) is 3.30. The first-order valence-corrected chi connectivity index (χ1v) is 7.48. The number of carboxylic acids is 1. The Balaban J connectivity index is 2.51. The lowest BCUT2D eigenvalue weighted by Gasteiger charge is -2.22. The number of rotatable bonds is 5. The van der Waals surface area contributed by atoms with Gasteiger partial charge in [-0.3, -0.25) is 4.79 Å². The van der Waals surface area contributed by atoms with Gasteiger partial charge in [0.15, 0.2) is 0 Å². The first-order chi connectivity index (χ1) is 10.9. The number of pyridine rings is 1. The van der Waals surface area contributed by atoms with Crippen LogP contribution in [-0.2, 0) is 16.0 Å². The third kappa shape index (κ3) is 3.87. The summed E-state index contributed by atoms with van der Waals surface area (Å²) in [6, 6.07) is 8.89. The molecule has 7 heteroatoms. The summed E-state index contributed by atoms with van der Waals surface area (Å²) in [5.74, 6) is -2.08. The molecule has 0 unspecified atom stereocenters. The highest BCUT2D eigenvalue weighted by atomic mass is 79.9. The maximum absolute atomic E-state index is 12.2. The van der Waals surface area contributed by atoms with Crippen LogP contribution in [0.25, 0.3) is 0 Å². The van der Waals surface area contributed by atoms with Gasteiger partial charge in [-0.25, -0.2) is 4.79 Å². The molecule has 1 heterocycles. The van der Waals surface area contributed by atoms with E-state index in [-0.39, 0.29) is 16.5 Å². The molecule has 1 aromatic carbocycles. The molecule has 0 fully saturated rings. The SMILES string of the molecule is COC(=O)c1cc(Br)c(=O)n([C@H](Cc2ccccc2)C(=O)[O-])c1. The number of hydrogen-bond donors (Lipinski definition) is 0. The number of nitrogens with zero attached hydrogens (tertiary/aromatic N) is 1. The van der Waals surface area contributed by atoms with Crippen LogP contribution in [0.2, 0.25) is 0 Å². The number of methoxy groups -OCH3 is 1. The second-order valence-electron chi connectivity index (χ2n) is 4.81. The van der Waals surface area contributed by atoms with Crippen LogP contribution in [0.1, 0.15) is 22.0 Å². The molecular weight excluding hydrogens is 366 g/mol. The van der Waals surface area contributed by atoms with Crippen LogP contribution in [0.4, 0.5) is 0 Å². The van der Waals surface area contributed by atoms with E-state index in [0.717, 1.165) is 10.1 Å². The quantitative estimate of drug-likeness (QED) is 0.722. The Labute approximate surface area is 140 Å². The summed E-state index contributed by atoms with van der Waals surface area (Å²) < 4.78 is 5.65. The standard InChI is InChI=1S/C16H14BrNO5/c1-23-16(22)11-8-12(17)14(19)18(9-11)13(15(20)21)7-10-5-3-2-4-6-10/h2-6,8-9,13H,7H2,1H3,(H,20,21)/p-1/t13-/m1/s1. The van der Waals surface area contributed by atoms with Crippen molar-refractivity contribution < 1.29 is 19.4 Å². The second kappa shape index (κ2) is 7.23. The highest BCUT2D eigenvalue weighted by Crippen LogP contribution is 2.16. The van der Waals surface area contributed by atoms with Crippen LogP contribution in [0.15, 0.2) is 51.9 Å². The fraction of sp³-hybridized carbons (Fsp3) is 0.188. The average Bonchev–Trinajstić information content (AvgIpc) is 2.55. The van der Waals surface area contributed by atoms with Gasteiger partial charge in [-0.05, 0) is 34.0 Å². The first-order valence-electron chi connectivity index (χ1n) is 6.69. The number of carbonyl (C=O) groups excluding carboxylic acids is 2. The van der Waals surface area contributed by atoms with Crippen molar-refractivity contribution in [3.63, 3.8) is 0 Å². The molecule has 0 radical (unpaired) electrons. The van der Waals surface area contributed by atoms with Crippen LogP contribution in [0.5, 0.6) is 0 Å². The van der Waals surface area contributed by atoms with Gasteiger partial charge >= 0.3 is 5.97 Å². The molecule has 2 aromatic rings. The van der Waals surface area contributed by atoms with Gasteiger partial charge in [0, 0.05) is 6.20 Å². The molecule has 0 saturated heterocycles. The van der Waals surface area contributed by atoms with Gasteiger partial charge in [-0.15, -0.1) is 0 Å². The first kappa shape index (κ1) is 17.0. The molecule has 0 aliphatic carbocycles. The van der Waals surface area contributed by atoms with Gasteiger partial charge in [0.2, 0.25) is 0 Å². The van der Waals surface area contributed by atoms with E-state index >= 15 is 0 Å². The monoisotopic (exact) mass is 378 g/mol. The maximum atomic E-state index is 12.2. The van der Waals surface area contributed by atoms with Crippen LogP contribution >= 0.6 is 15.9 Å². The topological polar surface area (TPSA) is 88.4 Å². The van der Waals surface area contributed by atoms with E-state index in [4.69, 9.17) is 0 Å². The van der Waals surface area contributed by atoms with Crippen molar-refractivity contribution in [2.45, 2.75) is 12.5 Å². The van der Waals surface area contributed by atoms with Gasteiger partial charge in [0.05, 0.1) is 29.2 Å². The Morgan fingerprint density at radius 2 is 1.96 bits per heavy atom. The molecule has 0 saturated carbocycles. The predicted octanol–water partition coefficient (Wildman–Crippen LogP) is 0.931.